The molecule has 4 N–H and O–H groups in total. The highest BCUT2D eigenvalue weighted by atomic mass is 32.1. The van der Waals surface area contributed by atoms with Gasteiger partial charge in [-0.3, -0.25) is 4.79 Å². The van der Waals surface area contributed by atoms with E-state index in [0.29, 0.717) is 25.0 Å². The summed E-state index contributed by atoms with van der Waals surface area (Å²) in [6.07, 6.45) is -4.28. The number of likely N-dealkylation sites (N-methyl/N-ethyl adjacent to an activating group) is 1. The van der Waals surface area contributed by atoms with Crippen LogP contribution in [0.1, 0.15) is 15.2 Å². The Kier molecular flexibility index (Phi) is 7.63. The van der Waals surface area contributed by atoms with E-state index in [1.165, 1.54) is 23.6 Å². The number of nitrogens with one attached hydrogen (secondary N) is 2. The summed E-state index contributed by atoms with van der Waals surface area (Å²) in [4.78, 5) is 23.3. The lowest BCUT2D eigenvalue weighted by molar-refractivity contribution is -0.137. The zero-order valence-corrected chi connectivity index (χ0v) is 20.2. The topological polar surface area (TPSA) is 109 Å². The van der Waals surface area contributed by atoms with Crippen molar-refractivity contribution in [1.29, 1.82) is 0 Å². The summed E-state index contributed by atoms with van der Waals surface area (Å²) >= 11 is 0.946. The van der Waals surface area contributed by atoms with Crippen molar-refractivity contribution in [2.24, 2.45) is 5.73 Å². The molecule has 4 rings (SSSR count). The first-order valence-corrected chi connectivity index (χ1v) is 11.8. The van der Waals surface area contributed by atoms with Crippen molar-refractivity contribution in [1.82, 2.24) is 14.9 Å². The number of thiophene rings is 1. The number of amides is 1. The van der Waals surface area contributed by atoms with Gasteiger partial charge in [0.1, 0.15) is 16.3 Å². The largest absolute Gasteiger partial charge is 0.433 e. The molecule has 37 heavy (non-hydrogen) atoms. The molecule has 0 unspecified atom stereocenters. The molecule has 3 aromatic rings. The maximum absolute atomic E-state index is 13.6. The normalized spacial score (nSPS) is 14.6. The zero-order chi connectivity index (χ0) is 26.7. The number of nitrogens with two attached hydrogens (primary N) is 1. The summed E-state index contributed by atoms with van der Waals surface area (Å²) in [5, 5.41) is 6.60. The van der Waals surface area contributed by atoms with Crippen molar-refractivity contribution in [3.63, 3.8) is 0 Å². The molecule has 3 heterocycles. The third-order valence-corrected chi connectivity index (χ3v) is 6.46. The van der Waals surface area contributed by atoms with Crippen LogP contribution in [-0.4, -0.2) is 60.6 Å². The molecule has 0 radical (unpaired) electrons. The van der Waals surface area contributed by atoms with Crippen LogP contribution in [0.25, 0.3) is 0 Å². The van der Waals surface area contributed by atoms with E-state index in [2.05, 4.69) is 30.2 Å². The second kappa shape index (κ2) is 10.7. The predicted molar refractivity (Wildman–Crippen MR) is 129 cm³/mol. The smallest absolute Gasteiger partial charge is 0.421 e. The Balaban J connectivity index is 1.65. The summed E-state index contributed by atoms with van der Waals surface area (Å²) in [5.41, 5.74) is 4.79. The molecule has 2 aromatic heterocycles. The van der Waals surface area contributed by atoms with Crippen LogP contribution >= 0.6 is 11.3 Å². The fourth-order valence-electron chi connectivity index (χ4n) is 3.66. The Morgan fingerprint density at radius 3 is 2.51 bits per heavy atom. The monoisotopic (exact) mass is 543 g/mol. The molecule has 0 bridgehead atoms. The van der Waals surface area contributed by atoms with Crippen LogP contribution in [0, 0.1) is 0 Å². The third kappa shape index (κ3) is 6.35. The highest BCUT2D eigenvalue weighted by Gasteiger charge is 2.36. The van der Waals surface area contributed by atoms with Crippen LogP contribution in [0.15, 0.2) is 35.8 Å². The second-order valence-electron chi connectivity index (χ2n) is 8.08. The van der Waals surface area contributed by atoms with Crippen LogP contribution in [0.5, 0.6) is 5.75 Å². The Hall–Kier alpha value is -3.72. The van der Waals surface area contributed by atoms with E-state index in [0.717, 1.165) is 24.4 Å². The van der Waals surface area contributed by atoms with Crippen LogP contribution in [0.4, 0.5) is 50.8 Å². The average Bonchev–Trinajstić information content (AvgIpc) is 3.28. The molecule has 0 saturated carbocycles. The van der Waals surface area contributed by atoms with Crippen molar-refractivity contribution < 1.29 is 31.5 Å². The van der Waals surface area contributed by atoms with Gasteiger partial charge in [0.15, 0.2) is 5.75 Å². The average molecular weight is 544 g/mol. The number of carbonyl (C=O) groups is 1. The van der Waals surface area contributed by atoms with Crippen molar-refractivity contribution in [3.8, 4) is 5.75 Å². The van der Waals surface area contributed by atoms with Gasteiger partial charge >= 0.3 is 12.8 Å². The van der Waals surface area contributed by atoms with Crippen LogP contribution < -0.4 is 26.0 Å². The molecule has 1 fully saturated rings. The number of rotatable bonds is 8. The number of aromatic nitrogens is 2. The third-order valence-electron chi connectivity index (χ3n) is 5.53. The van der Waals surface area contributed by atoms with Gasteiger partial charge in [-0.25, -0.2) is 4.98 Å². The minimum atomic E-state index is -4.82. The highest BCUT2D eigenvalue weighted by molar-refractivity contribution is 7.12. The fraction of sp³-hybridized carbons (Fsp3) is 0.318. The summed E-state index contributed by atoms with van der Waals surface area (Å²) in [5.74, 6) is -2.03. The molecule has 1 aliphatic rings. The Labute approximate surface area is 212 Å². The summed E-state index contributed by atoms with van der Waals surface area (Å²) < 4.78 is 71.8. The second-order valence-corrected chi connectivity index (χ2v) is 9.00. The SMILES string of the molecule is CN1CCN(c2ccc(Nc3ncc(C(F)(F)F)c(Nc4ccsc4C(N)=O)n3)c(OC(F)F)c2)CC1. The van der Waals surface area contributed by atoms with Gasteiger partial charge in [-0.05, 0) is 30.6 Å². The van der Waals surface area contributed by atoms with Crippen molar-refractivity contribution in [2.45, 2.75) is 12.8 Å². The van der Waals surface area contributed by atoms with Gasteiger partial charge in [-0.1, -0.05) is 0 Å². The number of anilines is 5. The number of hydrogen-bond acceptors (Lipinski definition) is 9. The van der Waals surface area contributed by atoms with Crippen LogP contribution in [-0.2, 0) is 6.18 Å². The van der Waals surface area contributed by atoms with Crippen molar-refractivity contribution in [3.05, 3.63) is 46.3 Å². The molecule has 1 saturated heterocycles. The maximum Gasteiger partial charge on any atom is 0.421 e. The van der Waals surface area contributed by atoms with E-state index in [4.69, 9.17) is 5.73 Å². The quantitative estimate of drug-likeness (QED) is 0.357. The van der Waals surface area contributed by atoms with E-state index >= 15 is 0 Å². The van der Waals surface area contributed by atoms with E-state index in [1.54, 1.807) is 6.07 Å². The van der Waals surface area contributed by atoms with E-state index in [-0.39, 0.29) is 27.9 Å². The molecule has 0 aliphatic carbocycles. The number of hydrogen-bond donors (Lipinski definition) is 3. The number of primary amides is 1. The maximum atomic E-state index is 13.6. The van der Waals surface area contributed by atoms with Gasteiger partial charge in [0.2, 0.25) is 5.95 Å². The van der Waals surface area contributed by atoms with E-state index < -0.39 is 30.1 Å². The Bertz CT molecular complexity index is 1260. The summed E-state index contributed by atoms with van der Waals surface area (Å²) in [7, 11) is 1.98. The van der Waals surface area contributed by atoms with E-state index in [9.17, 15) is 26.7 Å². The van der Waals surface area contributed by atoms with Gasteiger partial charge in [0.25, 0.3) is 5.91 Å². The fourth-order valence-corrected chi connectivity index (χ4v) is 4.36. The predicted octanol–water partition coefficient (Wildman–Crippen LogP) is 4.50. The number of alkyl halides is 5. The van der Waals surface area contributed by atoms with Crippen LogP contribution in [0.2, 0.25) is 0 Å². The number of piperazine rings is 1. The van der Waals surface area contributed by atoms with Gasteiger partial charge in [0, 0.05) is 44.1 Å². The Morgan fingerprint density at radius 1 is 1.14 bits per heavy atom. The van der Waals surface area contributed by atoms with Gasteiger partial charge < -0.3 is 30.9 Å². The number of nitrogens with zero attached hydrogens (tertiary/aromatic N) is 4. The number of carbonyl (C=O) groups excluding carboxylic acids is 1. The molecule has 15 heteroatoms. The highest BCUT2D eigenvalue weighted by Crippen LogP contribution is 2.38. The molecule has 198 valence electrons. The van der Waals surface area contributed by atoms with Gasteiger partial charge in [0.05, 0.1) is 11.4 Å². The van der Waals surface area contributed by atoms with Gasteiger partial charge in [-0.15, -0.1) is 11.3 Å². The first-order valence-electron chi connectivity index (χ1n) is 10.9. The number of halogens is 5. The minimum absolute atomic E-state index is 0.00774. The zero-order valence-electron chi connectivity index (χ0n) is 19.4. The van der Waals surface area contributed by atoms with Gasteiger partial charge in [-0.2, -0.15) is 26.9 Å². The summed E-state index contributed by atoms with van der Waals surface area (Å²) in [6, 6.07) is 5.95. The first-order chi connectivity index (χ1) is 17.5. The standard InChI is InChI=1S/C22H22F5N7O2S/c1-33-5-7-34(8-6-33)12-2-3-14(16(10-12)36-20(23)24)31-21-29-11-13(22(25,26)27)19(32-21)30-15-4-9-37-17(15)18(28)35/h2-4,9-11,20H,5-8H2,1H3,(H2,28,35)(H2,29,30,31,32). The molecule has 9 nitrogen and oxygen atoms in total. The Morgan fingerprint density at radius 2 is 1.86 bits per heavy atom. The summed E-state index contributed by atoms with van der Waals surface area (Å²) in [6.45, 7) is -0.182. The van der Waals surface area contributed by atoms with Crippen molar-refractivity contribution >= 4 is 46.1 Å². The van der Waals surface area contributed by atoms with E-state index in [1.807, 2.05) is 11.9 Å². The lowest BCUT2D eigenvalue weighted by Crippen LogP contribution is -2.44. The molecule has 1 amide bonds. The molecular weight excluding hydrogens is 521 g/mol. The number of ether oxygens (including phenoxy) is 1. The molecule has 0 spiro atoms. The molecule has 0 atom stereocenters. The number of benzene rings is 1. The first kappa shape index (κ1) is 26.3. The van der Waals surface area contributed by atoms with Crippen LogP contribution in [0.3, 0.4) is 0 Å². The molecular formula is C22H22F5N7O2S. The molecule has 1 aliphatic heterocycles. The minimum Gasteiger partial charge on any atom is -0.433 e. The lowest BCUT2D eigenvalue weighted by Gasteiger charge is -2.34. The van der Waals surface area contributed by atoms with Crippen molar-refractivity contribution in [2.75, 3.05) is 48.8 Å². The lowest BCUT2D eigenvalue weighted by atomic mass is 10.2. The molecule has 1 aromatic carbocycles.